The Balaban J connectivity index is 1.66. The molecule has 6 nitrogen and oxygen atoms in total. The Morgan fingerprint density at radius 2 is 2.26 bits per heavy atom. The second-order valence-corrected chi connectivity index (χ2v) is 5.78. The fourth-order valence-corrected chi connectivity index (χ4v) is 2.77. The molecule has 2 heterocycles. The van der Waals surface area contributed by atoms with Gasteiger partial charge in [-0.3, -0.25) is 4.79 Å². The van der Waals surface area contributed by atoms with Crippen molar-refractivity contribution in [2.24, 2.45) is 0 Å². The number of oxazole rings is 1. The first-order valence-corrected chi connectivity index (χ1v) is 7.55. The third-order valence-electron chi connectivity index (χ3n) is 4.26. The van der Waals surface area contributed by atoms with Crippen LogP contribution in [0.15, 0.2) is 41.3 Å². The maximum absolute atomic E-state index is 12.3. The summed E-state index contributed by atoms with van der Waals surface area (Å²) in [6.45, 7) is 3.47. The summed E-state index contributed by atoms with van der Waals surface area (Å²) in [6, 6.07) is 7.85. The summed E-state index contributed by atoms with van der Waals surface area (Å²) in [4.78, 5) is 17.8. The molecule has 1 aromatic heterocycles. The van der Waals surface area contributed by atoms with Gasteiger partial charge in [0.25, 0.3) is 5.91 Å². The molecule has 1 fully saturated rings. The van der Waals surface area contributed by atoms with Crippen molar-refractivity contribution in [3.05, 3.63) is 48.2 Å². The van der Waals surface area contributed by atoms with Crippen molar-refractivity contribution in [3.8, 4) is 5.75 Å². The fraction of sp³-hybridized carbons (Fsp3) is 0.412. The van der Waals surface area contributed by atoms with Gasteiger partial charge in [0.1, 0.15) is 18.0 Å². The Morgan fingerprint density at radius 3 is 2.96 bits per heavy atom. The Kier molecular flexibility index (Phi) is 4.34. The van der Waals surface area contributed by atoms with Crippen LogP contribution in [0.2, 0.25) is 0 Å². The molecule has 122 valence electrons. The lowest BCUT2D eigenvalue weighted by Gasteiger charge is -2.28. The van der Waals surface area contributed by atoms with Crippen molar-refractivity contribution in [2.75, 3.05) is 26.8 Å². The largest absolute Gasteiger partial charge is 0.490 e. The highest BCUT2D eigenvalue weighted by Crippen LogP contribution is 2.28. The van der Waals surface area contributed by atoms with Crippen molar-refractivity contribution in [1.82, 2.24) is 9.88 Å². The lowest BCUT2D eigenvalue weighted by Crippen LogP contribution is -2.42. The third kappa shape index (κ3) is 3.22. The molecule has 0 bridgehead atoms. The van der Waals surface area contributed by atoms with Gasteiger partial charge in [0.05, 0.1) is 12.7 Å². The zero-order chi connectivity index (χ0) is 16.3. The molecular formula is C17H20N2O4. The van der Waals surface area contributed by atoms with E-state index < -0.39 is 5.60 Å². The molecule has 1 saturated heterocycles. The average molecular weight is 316 g/mol. The number of rotatable bonds is 5. The minimum Gasteiger partial charge on any atom is -0.490 e. The van der Waals surface area contributed by atoms with Crippen molar-refractivity contribution < 1.29 is 18.7 Å². The topological polar surface area (TPSA) is 64.8 Å². The van der Waals surface area contributed by atoms with Crippen LogP contribution in [0.3, 0.4) is 0 Å². The van der Waals surface area contributed by atoms with Crippen molar-refractivity contribution in [3.63, 3.8) is 0 Å². The molecular weight excluding hydrogens is 296 g/mol. The molecule has 6 heteroatoms. The summed E-state index contributed by atoms with van der Waals surface area (Å²) in [6.07, 6.45) is 3.41. The van der Waals surface area contributed by atoms with Crippen LogP contribution in [-0.4, -0.2) is 48.2 Å². The molecule has 2 aromatic rings. The average Bonchev–Trinajstić information content (AvgIpc) is 3.24. The Bertz CT molecular complexity index is 671. The molecule has 0 aliphatic carbocycles. The monoisotopic (exact) mass is 316 g/mol. The van der Waals surface area contributed by atoms with Crippen LogP contribution in [0.1, 0.15) is 22.5 Å². The molecule has 1 amide bonds. The summed E-state index contributed by atoms with van der Waals surface area (Å²) < 4.78 is 16.7. The number of benzene rings is 1. The van der Waals surface area contributed by atoms with Crippen LogP contribution in [0.4, 0.5) is 0 Å². The van der Waals surface area contributed by atoms with Gasteiger partial charge in [-0.05, 0) is 25.0 Å². The number of hydrogen-bond acceptors (Lipinski definition) is 5. The zero-order valence-corrected chi connectivity index (χ0v) is 13.3. The van der Waals surface area contributed by atoms with E-state index >= 15 is 0 Å². The van der Waals surface area contributed by atoms with Gasteiger partial charge < -0.3 is 18.8 Å². The summed E-state index contributed by atoms with van der Waals surface area (Å²) in [5, 5.41) is 0. The van der Waals surface area contributed by atoms with Gasteiger partial charge in [0.15, 0.2) is 6.39 Å². The van der Waals surface area contributed by atoms with Crippen molar-refractivity contribution >= 4 is 5.91 Å². The van der Waals surface area contributed by atoms with E-state index in [0.717, 1.165) is 17.7 Å². The highest BCUT2D eigenvalue weighted by molar-refractivity contribution is 5.91. The molecule has 1 atom stereocenters. The van der Waals surface area contributed by atoms with Gasteiger partial charge in [0.2, 0.25) is 5.76 Å². The van der Waals surface area contributed by atoms with Gasteiger partial charge in [0, 0.05) is 13.7 Å². The molecule has 0 spiro atoms. The number of likely N-dealkylation sites (tertiary alicyclic amines) is 1. The second kappa shape index (κ2) is 6.42. The SMILES string of the molecule is CO[C@]1(COc2ccccc2C)CCN(C(=O)c2cnco2)C1. The number of ether oxygens (including phenoxy) is 2. The van der Waals surface area contributed by atoms with Crippen LogP contribution in [0, 0.1) is 6.92 Å². The van der Waals surface area contributed by atoms with Gasteiger partial charge >= 0.3 is 0 Å². The molecule has 1 aromatic carbocycles. The van der Waals surface area contributed by atoms with E-state index in [1.165, 1.54) is 12.6 Å². The number of carbonyl (C=O) groups is 1. The Labute approximate surface area is 135 Å². The Hall–Kier alpha value is -2.34. The standard InChI is InChI=1S/C17H20N2O4/c1-13-5-3-4-6-14(13)22-11-17(21-2)7-8-19(10-17)16(20)15-9-18-12-23-15/h3-6,9,12H,7-8,10-11H2,1-2H3/t17-/m1/s1. The van der Waals surface area contributed by atoms with E-state index in [4.69, 9.17) is 13.9 Å². The van der Waals surface area contributed by atoms with Gasteiger partial charge in [-0.1, -0.05) is 18.2 Å². The quantitative estimate of drug-likeness (QED) is 0.847. The molecule has 0 unspecified atom stereocenters. The summed E-state index contributed by atoms with van der Waals surface area (Å²) in [7, 11) is 1.66. The van der Waals surface area contributed by atoms with E-state index in [-0.39, 0.29) is 11.7 Å². The van der Waals surface area contributed by atoms with E-state index in [2.05, 4.69) is 4.98 Å². The first-order chi connectivity index (χ1) is 11.1. The van der Waals surface area contributed by atoms with Crippen LogP contribution in [0.5, 0.6) is 5.75 Å². The maximum Gasteiger partial charge on any atom is 0.291 e. The highest BCUT2D eigenvalue weighted by Gasteiger charge is 2.42. The second-order valence-electron chi connectivity index (χ2n) is 5.78. The number of hydrogen-bond donors (Lipinski definition) is 0. The molecule has 1 aliphatic rings. The van der Waals surface area contributed by atoms with Crippen LogP contribution in [-0.2, 0) is 4.74 Å². The number of aryl methyl sites for hydroxylation is 1. The molecule has 1 aliphatic heterocycles. The normalized spacial score (nSPS) is 20.7. The van der Waals surface area contributed by atoms with E-state index in [1.54, 1.807) is 12.0 Å². The van der Waals surface area contributed by atoms with E-state index in [9.17, 15) is 4.79 Å². The number of carbonyl (C=O) groups excluding carboxylic acids is 1. The zero-order valence-electron chi connectivity index (χ0n) is 13.3. The molecule has 0 N–H and O–H groups in total. The fourth-order valence-electron chi connectivity index (χ4n) is 2.77. The molecule has 0 saturated carbocycles. The van der Waals surface area contributed by atoms with Crippen molar-refractivity contribution in [1.29, 1.82) is 0 Å². The number of amides is 1. The van der Waals surface area contributed by atoms with E-state index in [0.29, 0.717) is 19.7 Å². The van der Waals surface area contributed by atoms with Gasteiger partial charge in [-0.15, -0.1) is 0 Å². The third-order valence-corrected chi connectivity index (χ3v) is 4.26. The lowest BCUT2D eigenvalue weighted by atomic mass is 10.0. The smallest absolute Gasteiger partial charge is 0.291 e. The summed E-state index contributed by atoms with van der Waals surface area (Å²) in [5.74, 6) is 0.915. The predicted octanol–water partition coefficient (Wildman–Crippen LogP) is 2.29. The number of nitrogens with zero attached hydrogens (tertiary/aromatic N) is 2. The number of para-hydroxylation sites is 1. The predicted molar refractivity (Wildman–Crippen MR) is 83.4 cm³/mol. The van der Waals surface area contributed by atoms with Gasteiger partial charge in [-0.2, -0.15) is 0 Å². The minimum absolute atomic E-state index is 0.169. The minimum atomic E-state index is -0.502. The molecule has 23 heavy (non-hydrogen) atoms. The van der Waals surface area contributed by atoms with Gasteiger partial charge in [-0.25, -0.2) is 4.98 Å². The van der Waals surface area contributed by atoms with Crippen LogP contribution in [0.25, 0.3) is 0 Å². The highest BCUT2D eigenvalue weighted by atomic mass is 16.5. The van der Waals surface area contributed by atoms with Crippen LogP contribution >= 0.6 is 0 Å². The first kappa shape index (κ1) is 15.6. The summed E-state index contributed by atoms with van der Waals surface area (Å²) >= 11 is 0. The molecule has 3 rings (SSSR count). The lowest BCUT2D eigenvalue weighted by molar-refractivity contribution is -0.0345. The van der Waals surface area contributed by atoms with Crippen molar-refractivity contribution in [2.45, 2.75) is 18.9 Å². The van der Waals surface area contributed by atoms with Crippen LogP contribution < -0.4 is 4.74 Å². The van der Waals surface area contributed by atoms with E-state index in [1.807, 2.05) is 31.2 Å². The maximum atomic E-state index is 12.3. The molecule has 0 radical (unpaired) electrons. The summed E-state index contributed by atoms with van der Waals surface area (Å²) in [5.41, 5.74) is 0.573. The first-order valence-electron chi connectivity index (χ1n) is 7.55. The number of methoxy groups -OCH3 is 1. The Morgan fingerprint density at radius 1 is 1.43 bits per heavy atom. The number of aromatic nitrogens is 1.